The van der Waals surface area contributed by atoms with Gasteiger partial charge in [-0.05, 0) is 38.5 Å². The number of aliphatic imine (C=N–C) groups is 1. The lowest BCUT2D eigenvalue weighted by atomic mass is 10.00. The Morgan fingerprint density at radius 2 is 1.56 bits per heavy atom. The van der Waals surface area contributed by atoms with E-state index in [9.17, 15) is 9.18 Å². The van der Waals surface area contributed by atoms with Gasteiger partial charge in [0.05, 0.1) is 11.3 Å². The summed E-state index contributed by atoms with van der Waals surface area (Å²) >= 11 is 0. The fourth-order valence-corrected chi connectivity index (χ4v) is 3.21. The molecule has 3 aromatic carbocycles. The molecule has 5 heteroatoms. The first-order chi connectivity index (χ1) is 15.3. The third kappa shape index (κ3) is 6.12. The number of halogens is 1. The first kappa shape index (κ1) is 22.9. The van der Waals surface area contributed by atoms with Crippen molar-refractivity contribution in [1.29, 1.82) is 5.26 Å². The highest BCUT2D eigenvalue weighted by Crippen LogP contribution is 2.19. The van der Waals surface area contributed by atoms with Crippen molar-refractivity contribution < 1.29 is 13.9 Å². The van der Waals surface area contributed by atoms with Crippen molar-refractivity contribution in [2.75, 3.05) is 0 Å². The molecular formula is C27H25FN2O2. The van der Waals surface area contributed by atoms with Gasteiger partial charge in [-0.25, -0.2) is 9.18 Å². The predicted octanol–water partition coefficient (Wildman–Crippen LogP) is 5.49. The van der Waals surface area contributed by atoms with Crippen molar-refractivity contribution in [2.45, 2.75) is 38.8 Å². The van der Waals surface area contributed by atoms with Crippen LogP contribution in [0.4, 0.5) is 4.39 Å². The van der Waals surface area contributed by atoms with Crippen LogP contribution in [-0.2, 0) is 16.0 Å². The van der Waals surface area contributed by atoms with E-state index in [1.165, 1.54) is 12.1 Å². The van der Waals surface area contributed by atoms with Gasteiger partial charge in [-0.1, -0.05) is 66.7 Å². The van der Waals surface area contributed by atoms with Gasteiger partial charge < -0.3 is 4.74 Å². The van der Waals surface area contributed by atoms with Gasteiger partial charge in [-0.2, -0.15) is 5.26 Å². The molecule has 3 aromatic rings. The Bertz CT molecular complexity index is 1100. The topological polar surface area (TPSA) is 62.5 Å². The highest BCUT2D eigenvalue weighted by atomic mass is 19.1. The van der Waals surface area contributed by atoms with Crippen LogP contribution >= 0.6 is 0 Å². The van der Waals surface area contributed by atoms with E-state index < -0.39 is 23.4 Å². The largest absolute Gasteiger partial charge is 0.458 e. The quantitative estimate of drug-likeness (QED) is 0.385. The number of esters is 1. The number of ether oxygens (including phenoxy) is 1. The fourth-order valence-electron chi connectivity index (χ4n) is 3.21. The van der Waals surface area contributed by atoms with Gasteiger partial charge in [-0.3, -0.25) is 4.99 Å². The van der Waals surface area contributed by atoms with Gasteiger partial charge in [0.15, 0.2) is 6.04 Å². The summed E-state index contributed by atoms with van der Waals surface area (Å²) < 4.78 is 19.8. The second-order valence-corrected chi connectivity index (χ2v) is 8.39. The van der Waals surface area contributed by atoms with E-state index in [4.69, 9.17) is 15.0 Å². The average Bonchev–Trinajstić information content (AvgIpc) is 2.76. The number of carbonyl (C=O) groups is 1. The molecule has 0 bridgehead atoms. The van der Waals surface area contributed by atoms with Gasteiger partial charge in [0.1, 0.15) is 17.5 Å². The SMILES string of the molecule is CC(C)(C)OC(=O)C(Cc1ccc(C#N)c(F)c1)N=C(c1ccccc1)c1ccccc1. The molecule has 0 aliphatic heterocycles. The number of carbonyl (C=O) groups excluding carboxylic acids is 1. The van der Waals surface area contributed by atoms with Crippen LogP contribution in [0, 0.1) is 17.1 Å². The second kappa shape index (κ2) is 10.0. The lowest BCUT2D eigenvalue weighted by molar-refractivity contribution is -0.156. The first-order valence-electron chi connectivity index (χ1n) is 10.4. The van der Waals surface area contributed by atoms with Crippen molar-refractivity contribution in [2.24, 2.45) is 4.99 Å². The Labute approximate surface area is 188 Å². The number of hydrogen-bond acceptors (Lipinski definition) is 4. The molecule has 0 saturated heterocycles. The molecule has 4 nitrogen and oxygen atoms in total. The van der Waals surface area contributed by atoms with Gasteiger partial charge in [-0.15, -0.1) is 0 Å². The Morgan fingerprint density at radius 3 is 2.03 bits per heavy atom. The summed E-state index contributed by atoms with van der Waals surface area (Å²) in [7, 11) is 0. The summed E-state index contributed by atoms with van der Waals surface area (Å²) in [4.78, 5) is 17.9. The molecule has 0 aromatic heterocycles. The maximum absolute atomic E-state index is 14.2. The standard InChI is InChI=1S/C27H25FN2O2/c1-27(2,3)32-26(31)24(17-19-14-15-22(18-29)23(28)16-19)30-25(20-10-6-4-7-11-20)21-12-8-5-9-13-21/h4-16,24H,17H2,1-3H3. The number of benzene rings is 3. The molecule has 3 rings (SSSR count). The second-order valence-electron chi connectivity index (χ2n) is 8.39. The van der Waals surface area contributed by atoms with Crippen molar-refractivity contribution in [1.82, 2.24) is 0 Å². The monoisotopic (exact) mass is 428 g/mol. The molecule has 0 radical (unpaired) electrons. The Kier molecular flexibility index (Phi) is 7.17. The summed E-state index contributed by atoms with van der Waals surface area (Å²) in [5.74, 6) is -1.12. The lowest BCUT2D eigenvalue weighted by Gasteiger charge is -2.23. The summed E-state index contributed by atoms with van der Waals surface area (Å²) in [5.41, 5.74) is 2.19. The number of nitriles is 1. The average molecular weight is 429 g/mol. The maximum Gasteiger partial charge on any atom is 0.331 e. The molecule has 0 aliphatic rings. The minimum absolute atomic E-state index is 0.0414. The molecule has 32 heavy (non-hydrogen) atoms. The van der Waals surface area contributed by atoms with E-state index in [0.29, 0.717) is 11.3 Å². The fraction of sp³-hybridized carbons (Fsp3) is 0.222. The Balaban J connectivity index is 2.07. The van der Waals surface area contributed by atoms with Crippen LogP contribution in [0.15, 0.2) is 83.9 Å². The van der Waals surface area contributed by atoms with Crippen molar-refractivity contribution >= 4 is 11.7 Å². The van der Waals surface area contributed by atoms with E-state index in [0.717, 1.165) is 11.1 Å². The highest BCUT2D eigenvalue weighted by molar-refractivity contribution is 6.13. The highest BCUT2D eigenvalue weighted by Gasteiger charge is 2.26. The predicted molar refractivity (Wildman–Crippen MR) is 123 cm³/mol. The minimum Gasteiger partial charge on any atom is -0.458 e. The normalized spacial score (nSPS) is 11.8. The molecule has 1 unspecified atom stereocenters. The van der Waals surface area contributed by atoms with Crippen molar-refractivity contribution in [3.63, 3.8) is 0 Å². The van der Waals surface area contributed by atoms with E-state index >= 15 is 0 Å². The molecule has 0 N–H and O–H groups in total. The smallest absolute Gasteiger partial charge is 0.331 e. The summed E-state index contributed by atoms with van der Waals surface area (Å²) in [6.45, 7) is 5.38. The third-order valence-corrected chi connectivity index (χ3v) is 4.64. The zero-order valence-corrected chi connectivity index (χ0v) is 18.4. The van der Waals surface area contributed by atoms with Crippen LogP contribution in [-0.4, -0.2) is 23.3 Å². The number of nitrogens with zero attached hydrogens (tertiary/aromatic N) is 2. The summed E-state index contributed by atoms with van der Waals surface area (Å²) in [6, 6.07) is 24.4. The van der Waals surface area contributed by atoms with E-state index in [2.05, 4.69) is 0 Å². The molecule has 0 saturated carbocycles. The van der Waals surface area contributed by atoms with Crippen molar-refractivity contribution in [3.8, 4) is 6.07 Å². The van der Waals surface area contributed by atoms with Gasteiger partial charge in [0.2, 0.25) is 0 Å². The molecular weight excluding hydrogens is 403 g/mol. The molecule has 0 amide bonds. The Hall–Kier alpha value is -3.78. The van der Waals surface area contributed by atoms with Crippen LogP contribution < -0.4 is 0 Å². The van der Waals surface area contributed by atoms with E-state index in [1.807, 2.05) is 66.7 Å². The van der Waals surface area contributed by atoms with Crippen LogP contribution in [0.5, 0.6) is 0 Å². The zero-order chi connectivity index (χ0) is 23.1. The third-order valence-electron chi connectivity index (χ3n) is 4.64. The van der Waals surface area contributed by atoms with Crippen LogP contribution in [0.2, 0.25) is 0 Å². The van der Waals surface area contributed by atoms with Crippen LogP contribution in [0.1, 0.15) is 43.0 Å². The number of rotatable bonds is 6. The van der Waals surface area contributed by atoms with E-state index in [-0.39, 0.29) is 12.0 Å². The summed E-state index contributed by atoms with van der Waals surface area (Å²) in [5, 5.41) is 8.99. The minimum atomic E-state index is -0.892. The Morgan fingerprint density at radius 1 is 1.00 bits per heavy atom. The molecule has 0 heterocycles. The molecule has 0 spiro atoms. The molecule has 0 aliphatic carbocycles. The lowest BCUT2D eigenvalue weighted by Crippen LogP contribution is -2.33. The van der Waals surface area contributed by atoms with E-state index in [1.54, 1.807) is 26.8 Å². The molecule has 162 valence electrons. The first-order valence-corrected chi connectivity index (χ1v) is 10.4. The van der Waals surface area contributed by atoms with Crippen LogP contribution in [0.25, 0.3) is 0 Å². The van der Waals surface area contributed by atoms with Gasteiger partial charge >= 0.3 is 5.97 Å². The maximum atomic E-state index is 14.2. The summed E-state index contributed by atoms with van der Waals surface area (Å²) in [6.07, 6.45) is 0.140. The molecule has 1 atom stereocenters. The number of hydrogen-bond donors (Lipinski definition) is 0. The van der Waals surface area contributed by atoms with Crippen molar-refractivity contribution in [3.05, 3.63) is 107 Å². The van der Waals surface area contributed by atoms with Gasteiger partial charge in [0, 0.05) is 17.5 Å². The molecule has 0 fully saturated rings. The zero-order valence-electron chi connectivity index (χ0n) is 18.4. The van der Waals surface area contributed by atoms with Gasteiger partial charge in [0.25, 0.3) is 0 Å². The van der Waals surface area contributed by atoms with Crippen LogP contribution in [0.3, 0.4) is 0 Å².